The third kappa shape index (κ3) is 1.85. The minimum Gasteiger partial charge on any atom is -0.488 e. The van der Waals surface area contributed by atoms with Crippen LogP contribution in [0.15, 0.2) is 53.6 Å². The van der Waals surface area contributed by atoms with Crippen molar-refractivity contribution in [1.82, 2.24) is 5.32 Å². The van der Waals surface area contributed by atoms with Crippen LogP contribution in [-0.4, -0.2) is 0 Å². The molecule has 3 rings (SSSR count). The van der Waals surface area contributed by atoms with Gasteiger partial charge < -0.3 is 10.1 Å². The monoisotopic (exact) mass is 244 g/mol. The van der Waals surface area contributed by atoms with Gasteiger partial charge in [0, 0.05) is 34.1 Å². The Morgan fingerprint density at radius 2 is 2.06 bits per heavy atom. The van der Waals surface area contributed by atoms with Gasteiger partial charge in [0.15, 0.2) is 6.10 Å². The first-order valence-electron chi connectivity index (χ1n) is 5.43. The molecule has 1 aromatic rings. The summed E-state index contributed by atoms with van der Waals surface area (Å²) in [5.74, 6) is 0. The fourth-order valence-corrected chi connectivity index (χ4v) is 2.12. The highest BCUT2D eigenvalue weighted by molar-refractivity contribution is 6.30. The number of ether oxygens (including phenoxy) is 1. The van der Waals surface area contributed by atoms with Crippen molar-refractivity contribution in [1.29, 1.82) is 0 Å². The summed E-state index contributed by atoms with van der Waals surface area (Å²) >= 11 is 5.88. The minimum atomic E-state index is -0.0598. The highest BCUT2D eigenvalue weighted by Crippen LogP contribution is 2.38. The van der Waals surface area contributed by atoms with Crippen LogP contribution in [0, 0.1) is 6.08 Å². The molecule has 0 aliphatic carbocycles. The van der Waals surface area contributed by atoms with Crippen LogP contribution >= 0.6 is 11.6 Å². The number of fused-ring (bicyclic) bond motifs is 1. The normalized spacial score (nSPS) is 21.8. The molecular formula is C14H11ClNO. The molecule has 1 aromatic carbocycles. The fourth-order valence-electron chi connectivity index (χ4n) is 1.99. The molecule has 2 aliphatic rings. The number of rotatable bonds is 1. The van der Waals surface area contributed by atoms with E-state index in [1.165, 1.54) is 0 Å². The largest absolute Gasteiger partial charge is 0.488 e. The summed E-state index contributed by atoms with van der Waals surface area (Å²) in [6, 6.07) is 7.71. The highest BCUT2D eigenvalue weighted by atomic mass is 35.5. The average molecular weight is 245 g/mol. The molecule has 0 saturated heterocycles. The zero-order valence-electron chi connectivity index (χ0n) is 9.33. The molecule has 0 spiro atoms. The summed E-state index contributed by atoms with van der Waals surface area (Å²) in [5, 5.41) is 3.90. The zero-order valence-corrected chi connectivity index (χ0v) is 10.1. The molecule has 0 fully saturated rings. The van der Waals surface area contributed by atoms with Crippen molar-refractivity contribution in [3.8, 4) is 0 Å². The molecule has 1 radical (unpaired) electrons. The van der Waals surface area contributed by atoms with Crippen molar-refractivity contribution in [3.63, 3.8) is 0 Å². The maximum Gasteiger partial charge on any atom is 0.150 e. The molecule has 17 heavy (non-hydrogen) atoms. The molecule has 0 bridgehead atoms. The van der Waals surface area contributed by atoms with E-state index in [2.05, 4.69) is 11.4 Å². The summed E-state index contributed by atoms with van der Waals surface area (Å²) in [7, 11) is 0. The van der Waals surface area contributed by atoms with Gasteiger partial charge in [0.2, 0.25) is 0 Å². The molecule has 1 N–H and O–H groups in total. The SMILES string of the molecule is CC1=[C]C2=CO[C@@H](c3ccc(Cl)cc3)C2=CN1. The van der Waals surface area contributed by atoms with Crippen molar-refractivity contribution in [3.05, 3.63) is 70.2 Å². The van der Waals surface area contributed by atoms with E-state index in [0.717, 1.165) is 27.4 Å². The summed E-state index contributed by atoms with van der Waals surface area (Å²) < 4.78 is 5.68. The first-order valence-corrected chi connectivity index (χ1v) is 5.80. The lowest BCUT2D eigenvalue weighted by atomic mass is 9.96. The maximum absolute atomic E-state index is 5.88. The van der Waals surface area contributed by atoms with E-state index < -0.39 is 0 Å². The van der Waals surface area contributed by atoms with E-state index in [9.17, 15) is 0 Å². The molecule has 1 atom stereocenters. The molecule has 2 aliphatic heterocycles. The number of halogens is 1. The van der Waals surface area contributed by atoms with Gasteiger partial charge in [-0.25, -0.2) is 0 Å². The van der Waals surface area contributed by atoms with Crippen molar-refractivity contribution in [2.75, 3.05) is 0 Å². The van der Waals surface area contributed by atoms with Crippen LogP contribution < -0.4 is 5.32 Å². The fraction of sp³-hybridized carbons (Fsp3) is 0.143. The molecule has 2 nitrogen and oxygen atoms in total. The summed E-state index contributed by atoms with van der Waals surface area (Å²) in [4.78, 5) is 0. The van der Waals surface area contributed by atoms with Gasteiger partial charge in [-0.15, -0.1) is 0 Å². The second kappa shape index (κ2) is 3.97. The smallest absolute Gasteiger partial charge is 0.150 e. The van der Waals surface area contributed by atoms with Gasteiger partial charge >= 0.3 is 0 Å². The molecule has 2 heterocycles. The van der Waals surface area contributed by atoms with Crippen molar-refractivity contribution in [2.45, 2.75) is 13.0 Å². The Labute approximate surface area is 105 Å². The van der Waals surface area contributed by atoms with E-state index in [1.807, 2.05) is 37.4 Å². The highest BCUT2D eigenvalue weighted by Gasteiger charge is 2.27. The van der Waals surface area contributed by atoms with Crippen LogP contribution in [0.4, 0.5) is 0 Å². The van der Waals surface area contributed by atoms with Gasteiger partial charge in [-0.1, -0.05) is 23.7 Å². The Kier molecular flexibility index (Phi) is 2.45. The lowest BCUT2D eigenvalue weighted by Gasteiger charge is -2.17. The number of nitrogens with one attached hydrogen (secondary N) is 1. The standard InChI is InChI=1S/C14H11ClNO/c1-9-6-11-8-17-14(13(11)7-16-9)10-2-4-12(15)5-3-10/h2-5,7-8,14,16H,1H3/t14-/m0/s1. The van der Waals surface area contributed by atoms with Gasteiger partial charge in [-0.3, -0.25) is 0 Å². The average Bonchev–Trinajstić information content (AvgIpc) is 2.73. The van der Waals surface area contributed by atoms with Gasteiger partial charge in [-0.05, 0) is 24.6 Å². The zero-order chi connectivity index (χ0) is 11.8. The van der Waals surface area contributed by atoms with Crippen LogP contribution in [0.2, 0.25) is 5.02 Å². The Hall–Kier alpha value is -1.67. The Morgan fingerprint density at radius 1 is 1.29 bits per heavy atom. The predicted octanol–water partition coefficient (Wildman–Crippen LogP) is 3.49. The van der Waals surface area contributed by atoms with Crippen LogP contribution in [0.5, 0.6) is 0 Å². The molecule has 0 saturated carbocycles. The van der Waals surface area contributed by atoms with E-state index in [-0.39, 0.29) is 6.10 Å². The van der Waals surface area contributed by atoms with Gasteiger partial charge in [0.1, 0.15) is 0 Å². The first-order chi connectivity index (χ1) is 8.24. The second-order valence-corrected chi connectivity index (χ2v) is 4.53. The predicted molar refractivity (Wildman–Crippen MR) is 67.0 cm³/mol. The van der Waals surface area contributed by atoms with E-state index in [4.69, 9.17) is 16.3 Å². The third-order valence-corrected chi connectivity index (χ3v) is 3.11. The number of benzene rings is 1. The number of hydrogen-bond donors (Lipinski definition) is 1. The summed E-state index contributed by atoms with van der Waals surface area (Å²) in [5.41, 5.74) is 4.22. The first kappa shape index (κ1) is 10.5. The van der Waals surface area contributed by atoms with E-state index >= 15 is 0 Å². The summed E-state index contributed by atoms with van der Waals surface area (Å²) in [6.07, 6.45) is 6.91. The molecule has 0 aromatic heterocycles. The third-order valence-electron chi connectivity index (χ3n) is 2.85. The molecular weight excluding hydrogens is 234 g/mol. The van der Waals surface area contributed by atoms with Crippen LogP contribution in [-0.2, 0) is 4.74 Å². The lowest BCUT2D eigenvalue weighted by molar-refractivity contribution is 0.200. The topological polar surface area (TPSA) is 21.3 Å². The Balaban J connectivity index is 1.92. The lowest BCUT2D eigenvalue weighted by Crippen LogP contribution is -2.12. The quantitative estimate of drug-likeness (QED) is 0.817. The maximum atomic E-state index is 5.88. The molecule has 0 unspecified atom stereocenters. The molecule has 0 amide bonds. The number of hydrogen-bond acceptors (Lipinski definition) is 2. The Morgan fingerprint density at radius 3 is 2.82 bits per heavy atom. The van der Waals surface area contributed by atoms with Crippen LogP contribution in [0.1, 0.15) is 18.6 Å². The van der Waals surface area contributed by atoms with Crippen molar-refractivity contribution >= 4 is 11.6 Å². The van der Waals surface area contributed by atoms with Crippen LogP contribution in [0.25, 0.3) is 0 Å². The van der Waals surface area contributed by atoms with E-state index in [1.54, 1.807) is 6.26 Å². The van der Waals surface area contributed by atoms with Gasteiger partial charge in [0.05, 0.1) is 6.26 Å². The van der Waals surface area contributed by atoms with Crippen molar-refractivity contribution < 1.29 is 4.74 Å². The number of dihydropyridines is 1. The van der Waals surface area contributed by atoms with Gasteiger partial charge in [0.25, 0.3) is 0 Å². The second-order valence-electron chi connectivity index (χ2n) is 4.09. The summed E-state index contributed by atoms with van der Waals surface area (Å²) in [6.45, 7) is 1.98. The van der Waals surface area contributed by atoms with Crippen LogP contribution in [0.3, 0.4) is 0 Å². The van der Waals surface area contributed by atoms with Crippen molar-refractivity contribution in [2.24, 2.45) is 0 Å². The molecule has 85 valence electrons. The minimum absolute atomic E-state index is 0.0598. The van der Waals surface area contributed by atoms with E-state index in [0.29, 0.717) is 0 Å². The molecule has 3 heteroatoms. The van der Waals surface area contributed by atoms with Gasteiger partial charge in [-0.2, -0.15) is 0 Å². The Bertz CT molecular complexity index is 540. The number of allylic oxidation sites excluding steroid dienone is 2.